The second-order valence-corrected chi connectivity index (χ2v) is 3.13. The molecule has 1 rings (SSSR count). The van der Waals surface area contributed by atoms with Crippen molar-refractivity contribution in [1.29, 1.82) is 0 Å². The predicted octanol–water partition coefficient (Wildman–Crippen LogP) is 2.13. The standard InChI is InChI=1S/C9H14N2O3.CH4/c1-6-8(7(2)14-10-6)5-11(3)9(12)13-4;/h5H2,1-4H3;1H4. The molecule has 0 unspecified atom stereocenters. The van der Waals surface area contributed by atoms with Crippen LogP contribution in [0.4, 0.5) is 4.79 Å². The first-order chi connectivity index (χ1) is 6.56. The SMILES string of the molecule is C.COC(=O)N(C)Cc1c(C)noc1C. The molecule has 0 aromatic carbocycles. The zero-order valence-electron chi connectivity index (χ0n) is 8.83. The van der Waals surface area contributed by atoms with Crippen LogP contribution in [0, 0.1) is 13.8 Å². The van der Waals surface area contributed by atoms with E-state index in [1.165, 1.54) is 12.0 Å². The van der Waals surface area contributed by atoms with E-state index in [0.717, 1.165) is 17.0 Å². The molecule has 0 saturated carbocycles. The molecule has 5 heteroatoms. The second kappa shape index (κ2) is 5.38. The van der Waals surface area contributed by atoms with Crippen molar-refractivity contribution in [2.24, 2.45) is 0 Å². The third kappa shape index (κ3) is 2.97. The number of hydrogen-bond acceptors (Lipinski definition) is 4. The smallest absolute Gasteiger partial charge is 0.409 e. The molecule has 0 bridgehead atoms. The summed E-state index contributed by atoms with van der Waals surface area (Å²) in [5, 5.41) is 3.80. The number of carbonyl (C=O) groups is 1. The minimum atomic E-state index is -0.370. The van der Waals surface area contributed by atoms with Gasteiger partial charge in [-0.2, -0.15) is 0 Å². The molecule has 15 heavy (non-hydrogen) atoms. The molecule has 0 saturated heterocycles. The molecule has 0 fully saturated rings. The lowest BCUT2D eigenvalue weighted by atomic mass is 10.2. The van der Waals surface area contributed by atoms with Crippen LogP contribution in [0.3, 0.4) is 0 Å². The first-order valence-corrected chi connectivity index (χ1v) is 4.27. The van der Waals surface area contributed by atoms with Crippen LogP contribution in [0.2, 0.25) is 0 Å². The van der Waals surface area contributed by atoms with Gasteiger partial charge in [0.1, 0.15) is 5.76 Å². The van der Waals surface area contributed by atoms with Crippen LogP contribution in [0.25, 0.3) is 0 Å². The molecule has 0 N–H and O–H groups in total. The van der Waals surface area contributed by atoms with E-state index in [2.05, 4.69) is 9.89 Å². The largest absolute Gasteiger partial charge is 0.453 e. The molecule has 1 heterocycles. The number of carbonyl (C=O) groups excluding carboxylic acids is 1. The Kier molecular flexibility index (Phi) is 4.84. The number of aromatic nitrogens is 1. The lowest BCUT2D eigenvalue weighted by Gasteiger charge is -2.14. The summed E-state index contributed by atoms with van der Waals surface area (Å²) in [5.74, 6) is 0.734. The normalized spacial score (nSPS) is 9.33. The lowest BCUT2D eigenvalue weighted by molar-refractivity contribution is 0.131. The van der Waals surface area contributed by atoms with Gasteiger partial charge in [-0.15, -0.1) is 0 Å². The highest BCUT2D eigenvalue weighted by atomic mass is 16.5. The van der Waals surface area contributed by atoms with Crippen LogP contribution in [-0.4, -0.2) is 30.3 Å². The van der Waals surface area contributed by atoms with Crippen molar-refractivity contribution in [3.05, 3.63) is 17.0 Å². The summed E-state index contributed by atoms with van der Waals surface area (Å²) in [6, 6.07) is 0. The Hall–Kier alpha value is -1.52. The molecule has 0 spiro atoms. The first kappa shape index (κ1) is 13.5. The van der Waals surface area contributed by atoms with Crippen LogP contribution in [0.1, 0.15) is 24.4 Å². The van der Waals surface area contributed by atoms with Crippen molar-refractivity contribution >= 4 is 6.09 Å². The van der Waals surface area contributed by atoms with Gasteiger partial charge in [0.15, 0.2) is 0 Å². The topological polar surface area (TPSA) is 55.6 Å². The van der Waals surface area contributed by atoms with Crippen molar-refractivity contribution in [2.75, 3.05) is 14.2 Å². The molecule has 86 valence electrons. The minimum absolute atomic E-state index is 0. The van der Waals surface area contributed by atoms with Gasteiger partial charge in [-0.25, -0.2) is 4.79 Å². The monoisotopic (exact) mass is 214 g/mol. The van der Waals surface area contributed by atoms with Crippen LogP contribution >= 0.6 is 0 Å². The van der Waals surface area contributed by atoms with Crippen molar-refractivity contribution < 1.29 is 14.1 Å². The third-order valence-electron chi connectivity index (χ3n) is 2.06. The van der Waals surface area contributed by atoms with Gasteiger partial charge in [0.25, 0.3) is 0 Å². The van der Waals surface area contributed by atoms with E-state index in [1.54, 1.807) is 7.05 Å². The van der Waals surface area contributed by atoms with Gasteiger partial charge >= 0.3 is 6.09 Å². The molecule has 0 radical (unpaired) electrons. The fraction of sp³-hybridized carbons (Fsp3) is 0.600. The number of nitrogens with zero attached hydrogens (tertiary/aromatic N) is 2. The number of ether oxygens (including phenoxy) is 1. The van der Waals surface area contributed by atoms with Crippen LogP contribution < -0.4 is 0 Å². The first-order valence-electron chi connectivity index (χ1n) is 4.27. The van der Waals surface area contributed by atoms with E-state index in [-0.39, 0.29) is 13.5 Å². The summed E-state index contributed by atoms with van der Waals surface area (Å²) in [7, 11) is 3.02. The molecule has 0 aliphatic carbocycles. The van der Waals surface area contributed by atoms with E-state index in [9.17, 15) is 4.79 Å². The maximum absolute atomic E-state index is 11.1. The van der Waals surface area contributed by atoms with E-state index in [4.69, 9.17) is 4.52 Å². The maximum Gasteiger partial charge on any atom is 0.409 e. The van der Waals surface area contributed by atoms with Crippen molar-refractivity contribution in [2.45, 2.75) is 27.8 Å². The van der Waals surface area contributed by atoms with Gasteiger partial charge in [0, 0.05) is 12.6 Å². The third-order valence-corrected chi connectivity index (χ3v) is 2.06. The van der Waals surface area contributed by atoms with E-state index in [1.807, 2.05) is 13.8 Å². The van der Waals surface area contributed by atoms with Gasteiger partial charge in [0.2, 0.25) is 0 Å². The quantitative estimate of drug-likeness (QED) is 0.756. The summed E-state index contributed by atoms with van der Waals surface area (Å²) in [4.78, 5) is 12.6. The van der Waals surface area contributed by atoms with Crippen molar-refractivity contribution in [3.8, 4) is 0 Å². The average molecular weight is 214 g/mol. The van der Waals surface area contributed by atoms with Gasteiger partial charge in [-0.1, -0.05) is 12.6 Å². The Morgan fingerprint density at radius 2 is 2.13 bits per heavy atom. The Labute approximate surface area is 90.0 Å². The minimum Gasteiger partial charge on any atom is -0.453 e. The van der Waals surface area contributed by atoms with E-state index in [0.29, 0.717) is 6.54 Å². The summed E-state index contributed by atoms with van der Waals surface area (Å²) in [5.41, 5.74) is 1.73. The maximum atomic E-state index is 11.1. The Morgan fingerprint density at radius 3 is 2.53 bits per heavy atom. The Bertz CT molecular complexity index is 314. The van der Waals surface area contributed by atoms with Crippen molar-refractivity contribution in [1.82, 2.24) is 10.1 Å². The molecule has 5 nitrogen and oxygen atoms in total. The van der Waals surface area contributed by atoms with E-state index < -0.39 is 0 Å². The summed E-state index contributed by atoms with van der Waals surface area (Å²) in [6.07, 6.45) is -0.370. The lowest BCUT2D eigenvalue weighted by Crippen LogP contribution is -2.26. The molecule has 0 aliphatic rings. The van der Waals surface area contributed by atoms with Gasteiger partial charge in [0.05, 0.1) is 19.3 Å². The Balaban J connectivity index is 0.00000196. The molecule has 1 amide bonds. The van der Waals surface area contributed by atoms with Crippen LogP contribution in [-0.2, 0) is 11.3 Å². The molecule has 0 atom stereocenters. The highest BCUT2D eigenvalue weighted by molar-refractivity contribution is 5.67. The molecule has 0 aliphatic heterocycles. The molecular weight excluding hydrogens is 196 g/mol. The highest BCUT2D eigenvalue weighted by Gasteiger charge is 2.14. The average Bonchev–Trinajstić information content (AvgIpc) is 2.48. The number of hydrogen-bond donors (Lipinski definition) is 0. The number of methoxy groups -OCH3 is 1. The van der Waals surface area contributed by atoms with Crippen LogP contribution in [0.5, 0.6) is 0 Å². The second-order valence-electron chi connectivity index (χ2n) is 3.13. The fourth-order valence-corrected chi connectivity index (χ4v) is 1.19. The summed E-state index contributed by atoms with van der Waals surface area (Å²) >= 11 is 0. The summed E-state index contributed by atoms with van der Waals surface area (Å²) in [6.45, 7) is 4.12. The van der Waals surface area contributed by atoms with Crippen molar-refractivity contribution in [3.63, 3.8) is 0 Å². The number of aryl methyl sites for hydroxylation is 2. The molecule has 1 aromatic rings. The van der Waals surface area contributed by atoms with Crippen LogP contribution in [0.15, 0.2) is 4.52 Å². The fourth-order valence-electron chi connectivity index (χ4n) is 1.19. The zero-order chi connectivity index (χ0) is 10.7. The number of rotatable bonds is 2. The van der Waals surface area contributed by atoms with E-state index >= 15 is 0 Å². The number of amides is 1. The van der Waals surface area contributed by atoms with Gasteiger partial charge in [-0.05, 0) is 13.8 Å². The predicted molar refractivity (Wildman–Crippen MR) is 56.6 cm³/mol. The molecular formula is C10H18N2O3. The zero-order valence-corrected chi connectivity index (χ0v) is 8.83. The van der Waals surface area contributed by atoms with Gasteiger partial charge in [-0.3, -0.25) is 0 Å². The Morgan fingerprint density at radius 1 is 1.53 bits per heavy atom. The highest BCUT2D eigenvalue weighted by Crippen LogP contribution is 2.14. The molecule has 1 aromatic heterocycles. The van der Waals surface area contributed by atoms with Gasteiger partial charge < -0.3 is 14.2 Å². The summed E-state index contributed by atoms with van der Waals surface area (Å²) < 4.78 is 9.56.